The van der Waals surface area contributed by atoms with Crippen LogP contribution < -0.4 is 0 Å². The molecule has 0 aliphatic heterocycles. The highest BCUT2D eigenvalue weighted by Gasteiger charge is 2.35. The van der Waals surface area contributed by atoms with Gasteiger partial charge in [0, 0.05) is 0 Å². The van der Waals surface area contributed by atoms with Crippen LogP contribution in [0, 0.1) is 5.92 Å². The SMILES string of the molecule is CCOC(=O)C(C=O)CC(F)(F)F. The number of alkyl halides is 3. The van der Waals surface area contributed by atoms with Crippen LogP contribution in [0.15, 0.2) is 0 Å². The number of hydrogen-bond acceptors (Lipinski definition) is 3. The molecule has 1 unspecified atom stereocenters. The molecule has 1 atom stereocenters. The third-order valence-electron chi connectivity index (χ3n) is 1.20. The van der Waals surface area contributed by atoms with E-state index in [1.807, 2.05) is 0 Å². The van der Waals surface area contributed by atoms with Crippen LogP contribution >= 0.6 is 0 Å². The topological polar surface area (TPSA) is 43.4 Å². The van der Waals surface area contributed by atoms with Crippen LogP contribution in [0.2, 0.25) is 0 Å². The summed E-state index contributed by atoms with van der Waals surface area (Å²) in [5.74, 6) is -2.87. The van der Waals surface area contributed by atoms with E-state index in [1.54, 1.807) is 0 Å². The molecule has 3 nitrogen and oxygen atoms in total. The first kappa shape index (κ1) is 11.9. The monoisotopic (exact) mass is 198 g/mol. The van der Waals surface area contributed by atoms with E-state index in [0.29, 0.717) is 0 Å². The van der Waals surface area contributed by atoms with Gasteiger partial charge < -0.3 is 9.53 Å². The summed E-state index contributed by atoms with van der Waals surface area (Å²) in [5.41, 5.74) is 0. The summed E-state index contributed by atoms with van der Waals surface area (Å²) in [5, 5.41) is 0. The molecule has 0 N–H and O–H groups in total. The van der Waals surface area contributed by atoms with Crippen LogP contribution in [0.5, 0.6) is 0 Å². The van der Waals surface area contributed by atoms with Crippen molar-refractivity contribution >= 4 is 12.3 Å². The average Bonchev–Trinajstić information content (AvgIpc) is 1.99. The van der Waals surface area contributed by atoms with Crippen LogP contribution in [0.3, 0.4) is 0 Å². The smallest absolute Gasteiger partial charge is 0.390 e. The highest BCUT2D eigenvalue weighted by atomic mass is 19.4. The summed E-state index contributed by atoms with van der Waals surface area (Å²) in [6.07, 6.45) is -6.04. The van der Waals surface area contributed by atoms with Crippen molar-refractivity contribution in [3.05, 3.63) is 0 Å². The van der Waals surface area contributed by atoms with Crippen LogP contribution in [-0.2, 0) is 14.3 Å². The summed E-state index contributed by atoms with van der Waals surface area (Å²) >= 11 is 0. The lowest BCUT2D eigenvalue weighted by Gasteiger charge is -2.11. The Morgan fingerprint density at radius 3 is 2.38 bits per heavy atom. The van der Waals surface area contributed by atoms with Gasteiger partial charge in [0.15, 0.2) is 0 Å². The van der Waals surface area contributed by atoms with Gasteiger partial charge in [-0.25, -0.2) is 0 Å². The molecule has 0 saturated carbocycles. The maximum absolute atomic E-state index is 11.7. The zero-order valence-corrected chi connectivity index (χ0v) is 6.93. The first-order valence-corrected chi connectivity index (χ1v) is 3.59. The second-order valence-electron chi connectivity index (χ2n) is 2.31. The summed E-state index contributed by atoms with van der Waals surface area (Å²) in [7, 11) is 0. The molecular weight excluding hydrogens is 189 g/mol. The molecule has 0 saturated heterocycles. The molecule has 0 aliphatic carbocycles. The molecule has 0 aliphatic rings. The molecule has 0 heterocycles. The van der Waals surface area contributed by atoms with E-state index < -0.39 is 24.5 Å². The summed E-state index contributed by atoms with van der Waals surface area (Å²) < 4.78 is 39.5. The standard InChI is InChI=1S/C7H9F3O3/c1-2-13-6(12)5(4-11)3-7(8,9)10/h4-5H,2-3H2,1H3. The van der Waals surface area contributed by atoms with Crippen molar-refractivity contribution in [1.82, 2.24) is 0 Å². The third kappa shape index (κ3) is 5.21. The molecule has 0 amide bonds. The maximum Gasteiger partial charge on any atom is 0.390 e. The molecule has 76 valence electrons. The Kier molecular flexibility index (Phi) is 4.44. The van der Waals surface area contributed by atoms with E-state index in [9.17, 15) is 22.8 Å². The van der Waals surface area contributed by atoms with E-state index >= 15 is 0 Å². The fourth-order valence-corrected chi connectivity index (χ4v) is 0.686. The molecule has 0 fully saturated rings. The van der Waals surface area contributed by atoms with Crippen LogP contribution in [0.25, 0.3) is 0 Å². The van der Waals surface area contributed by atoms with Crippen molar-refractivity contribution in [2.45, 2.75) is 19.5 Å². The van der Waals surface area contributed by atoms with Crippen LogP contribution in [0.4, 0.5) is 13.2 Å². The predicted molar refractivity (Wildman–Crippen MR) is 36.9 cm³/mol. The van der Waals surface area contributed by atoms with Gasteiger partial charge in [0.1, 0.15) is 12.2 Å². The number of rotatable bonds is 4. The zero-order chi connectivity index (χ0) is 10.5. The van der Waals surface area contributed by atoms with Gasteiger partial charge in [-0.3, -0.25) is 4.79 Å². The molecule has 0 rings (SSSR count). The number of aldehydes is 1. The van der Waals surface area contributed by atoms with Gasteiger partial charge >= 0.3 is 12.1 Å². The van der Waals surface area contributed by atoms with E-state index in [0.717, 1.165) is 0 Å². The van der Waals surface area contributed by atoms with E-state index in [1.165, 1.54) is 6.92 Å². The molecule has 0 bridgehead atoms. The summed E-state index contributed by atoms with van der Waals surface area (Å²) in [4.78, 5) is 20.8. The van der Waals surface area contributed by atoms with Crippen LogP contribution in [0.1, 0.15) is 13.3 Å². The Morgan fingerprint density at radius 2 is 2.08 bits per heavy atom. The Hall–Kier alpha value is -1.07. The number of halogens is 3. The summed E-state index contributed by atoms with van der Waals surface area (Å²) in [6, 6.07) is 0. The molecule has 0 spiro atoms. The Morgan fingerprint density at radius 1 is 1.54 bits per heavy atom. The van der Waals surface area contributed by atoms with E-state index in [2.05, 4.69) is 4.74 Å². The van der Waals surface area contributed by atoms with Crippen molar-refractivity contribution in [2.24, 2.45) is 5.92 Å². The zero-order valence-electron chi connectivity index (χ0n) is 6.93. The van der Waals surface area contributed by atoms with Gasteiger partial charge in [0.2, 0.25) is 0 Å². The molecule has 0 aromatic carbocycles. The summed E-state index contributed by atoms with van der Waals surface area (Å²) in [6.45, 7) is 1.41. The number of carbonyl (C=O) groups is 2. The lowest BCUT2D eigenvalue weighted by atomic mass is 10.1. The fraction of sp³-hybridized carbons (Fsp3) is 0.714. The second kappa shape index (κ2) is 4.84. The van der Waals surface area contributed by atoms with Crippen molar-refractivity contribution in [3.8, 4) is 0 Å². The molecule has 0 radical (unpaired) electrons. The molecule has 6 heteroatoms. The maximum atomic E-state index is 11.7. The number of carbonyl (C=O) groups excluding carboxylic acids is 2. The average molecular weight is 198 g/mol. The molecular formula is C7H9F3O3. The van der Waals surface area contributed by atoms with E-state index in [-0.39, 0.29) is 12.9 Å². The molecule has 0 aromatic rings. The highest BCUT2D eigenvalue weighted by molar-refractivity contribution is 5.87. The predicted octanol–water partition coefficient (Wildman–Crippen LogP) is 1.32. The Bertz CT molecular complexity index is 188. The highest BCUT2D eigenvalue weighted by Crippen LogP contribution is 2.24. The molecule has 0 aromatic heterocycles. The number of hydrogen-bond donors (Lipinski definition) is 0. The number of esters is 1. The Balaban J connectivity index is 4.18. The lowest BCUT2D eigenvalue weighted by molar-refractivity contribution is -0.168. The molecule has 13 heavy (non-hydrogen) atoms. The quantitative estimate of drug-likeness (QED) is 0.388. The lowest BCUT2D eigenvalue weighted by Crippen LogP contribution is -2.25. The van der Waals surface area contributed by atoms with Gasteiger partial charge in [-0.2, -0.15) is 13.2 Å². The van der Waals surface area contributed by atoms with Crippen molar-refractivity contribution in [3.63, 3.8) is 0 Å². The largest absolute Gasteiger partial charge is 0.465 e. The third-order valence-corrected chi connectivity index (χ3v) is 1.20. The van der Waals surface area contributed by atoms with Crippen molar-refractivity contribution in [2.75, 3.05) is 6.61 Å². The van der Waals surface area contributed by atoms with Gasteiger partial charge in [0.25, 0.3) is 0 Å². The van der Waals surface area contributed by atoms with Gasteiger partial charge in [-0.05, 0) is 6.92 Å². The van der Waals surface area contributed by atoms with Crippen LogP contribution in [-0.4, -0.2) is 25.0 Å². The normalized spacial score (nSPS) is 13.5. The van der Waals surface area contributed by atoms with Crippen molar-refractivity contribution in [1.29, 1.82) is 0 Å². The first-order chi connectivity index (χ1) is 5.90. The van der Waals surface area contributed by atoms with Gasteiger partial charge in [-0.1, -0.05) is 0 Å². The Labute approximate surface area is 72.9 Å². The first-order valence-electron chi connectivity index (χ1n) is 3.59. The minimum Gasteiger partial charge on any atom is -0.465 e. The second-order valence-corrected chi connectivity index (χ2v) is 2.31. The van der Waals surface area contributed by atoms with E-state index in [4.69, 9.17) is 0 Å². The minimum atomic E-state index is -4.53. The number of ether oxygens (including phenoxy) is 1. The van der Waals surface area contributed by atoms with Crippen molar-refractivity contribution < 1.29 is 27.5 Å². The minimum absolute atomic E-state index is 0.0406. The fourth-order valence-electron chi connectivity index (χ4n) is 0.686. The van der Waals surface area contributed by atoms with Gasteiger partial charge in [0.05, 0.1) is 13.0 Å². The van der Waals surface area contributed by atoms with Gasteiger partial charge in [-0.15, -0.1) is 0 Å².